The first-order chi connectivity index (χ1) is 9.15. The van der Waals surface area contributed by atoms with Crippen LogP contribution < -0.4 is 11.1 Å². The zero-order chi connectivity index (χ0) is 12.9. The number of rotatable bonds is 3. The molecule has 4 fully saturated rings. The summed E-state index contributed by atoms with van der Waals surface area (Å²) in [5.41, 5.74) is 8.35. The van der Waals surface area contributed by atoms with Gasteiger partial charge in [-0.1, -0.05) is 6.07 Å². The highest BCUT2D eigenvalue weighted by Gasteiger charge is 2.55. The highest BCUT2D eigenvalue weighted by molar-refractivity contribution is 5.16. The van der Waals surface area contributed by atoms with Gasteiger partial charge in [-0.2, -0.15) is 0 Å². The van der Waals surface area contributed by atoms with Gasteiger partial charge >= 0.3 is 0 Å². The minimum atomic E-state index is 0.131. The summed E-state index contributed by atoms with van der Waals surface area (Å²) in [6.07, 6.45) is 11.6. The standard InChI is InChI=1S/C16H23N3/c17-15-5-13-4-14(6-15)8-16(7-13,11-15)19-10-12-2-1-3-18-9-12/h1-3,9,13-14,19H,4-8,10-11,17H2. The van der Waals surface area contributed by atoms with E-state index in [9.17, 15) is 0 Å². The Hall–Kier alpha value is -0.930. The van der Waals surface area contributed by atoms with Gasteiger partial charge in [-0.25, -0.2) is 0 Å². The van der Waals surface area contributed by atoms with Crippen molar-refractivity contribution in [3.05, 3.63) is 30.1 Å². The van der Waals surface area contributed by atoms with E-state index in [0.717, 1.165) is 18.4 Å². The van der Waals surface area contributed by atoms with Crippen LogP contribution in [0.3, 0.4) is 0 Å². The summed E-state index contributed by atoms with van der Waals surface area (Å²) in [4.78, 5) is 4.20. The second kappa shape index (κ2) is 4.03. The minimum Gasteiger partial charge on any atom is -0.325 e. The molecule has 3 nitrogen and oxygen atoms in total. The largest absolute Gasteiger partial charge is 0.325 e. The van der Waals surface area contributed by atoms with Crippen LogP contribution in [0.25, 0.3) is 0 Å². The summed E-state index contributed by atoms with van der Waals surface area (Å²) in [5.74, 6) is 1.74. The first kappa shape index (κ1) is 11.9. The van der Waals surface area contributed by atoms with Crippen LogP contribution in [0.4, 0.5) is 0 Å². The molecular formula is C16H23N3. The molecule has 0 radical (unpaired) electrons. The van der Waals surface area contributed by atoms with E-state index in [-0.39, 0.29) is 5.54 Å². The van der Waals surface area contributed by atoms with Crippen LogP contribution in [0, 0.1) is 11.8 Å². The van der Waals surface area contributed by atoms with E-state index < -0.39 is 0 Å². The van der Waals surface area contributed by atoms with Gasteiger partial charge in [0.1, 0.15) is 0 Å². The molecule has 1 heterocycles. The third kappa shape index (κ3) is 2.09. The molecule has 19 heavy (non-hydrogen) atoms. The number of nitrogens with two attached hydrogens (primary N) is 1. The highest BCUT2D eigenvalue weighted by Crippen LogP contribution is 2.56. The second-order valence-electron chi connectivity index (χ2n) is 7.32. The topological polar surface area (TPSA) is 50.9 Å². The Labute approximate surface area is 115 Å². The summed E-state index contributed by atoms with van der Waals surface area (Å²) >= 11 is 0. The van der Waals surface area contributed by atoms with Crippen molar-refractivity contribution >= 4 is 0 Å². The van der Waals surface area contributed by atoms with Crippen LogP contribution in [0.1, 0.15) is 44.1 Å². The maximum absolute atomic E-state index is 6.62. The van der Waals surface area contributed by atoms with Gasteiger partial charge in [0.2, 0.25) is 0 Å². The molecule has 1 aromatic heterocycles. The quantitative estimate of drug-likeness (QED) is 0.873. The minimum absolute atomic E-state index is 0.131. The number of nitrogens with zero attached hydrogens (tertiary/aromatic N) is 1. The van der Waals surface area contributed by atoms with Crippen LogP contribution in [0.15, 0.2) is 24.5 Å². The summed E-state index contributed by atoms with van der Waals surface area (Å²) < 4.78 is 0. The molecule has 3 N–H and O–H groups in total. The van der Waals surface area contributed by atoms with Crippen molar-refractivity contribution in [1.82, 2.24) is 10.3 Å². The van der Waals surface area contributed by atoms with Gasteiger partial charge in [0.25, 0.3) is 0 Å². The number of aromatic nitrogens is 1. The van der Waals surface area contributed by atoms with Crippen LogP contribution >= 0.6 is 0 Å². The van der Waals surface area contributed by atoms with Gasteiger partial charge < -0.3 is 11.1 Å². The summed E-state index contributed by atoms with van der Waals surface area (Å²) in [7, 11) is 0. The predicted octanol–water partition coefficient (Wildman–Crippen LogP) is 2.22. The average Bonchev–Trinajstić information content (AvgIpc) is 2.35. The second-order valence-corrected chi connectivity index (χ2v) is 7.32. The first-order valence-electron chi connectivity index (χ1n) is 7.58. The Balaban J connectivity index is 1.51. The van der Waals surface area contributed by atoms with E-state index in [1.165, 1.54) is 44.1 Å². The number of nitrogens with one attached hydrogen (secondary N) is 1. The Bertz CT molecular complexity index is 456. The van der Waals surface area contributed by atoms with Gasteiger partial charge in [-0.3, -0.25) is 4.98 Å². The van der Waals surface area contributed by atoms with Gasteiger partial charge in [0, 0.05) is 30.0 Å². The number of hydrogen-bond acceptors (Lipinski definition) is 3. The van der Waals surface area contributed by atoms with Crippen molar-refractivity contribution in [2.75, 3.05) is 0 Å². The molecule has 4 aliphatic carbocycles. The third-order valence-electron chi connectivity index (χ3n) is 5.50. The predicted molar refractivity (Wildman–Crippen MR) is 75.4 cm³/mol. The molecule has 0 aliphatic heterocycles. The molecule has 4 aliphatic rings. The summed E-state index contributed by atoms with van der Waals surface area (Å²) in [5, 5.41) is 3.85. The molecule has 2 unspecified atom stereocenters. The SMILES string of the molecule is NC12CC3CC(C1)CC(NCc1cccnc1)(C3)C2. The van der Waals surface area contributed by atoms with Gasteiger partial charge in [-0.15, -0.1) is 0 Å². The molecular weight excluding hydrogens is 234 g/mol. The fourth-order valence-corrected chi connectivity index (χ4v) is 5.33. The van der Waals surface area contributed by atoms with E-state index in [0.29, 0.717) is 5.54 Å². The van der Waals surface area contributed by atoms with Crippen molar-refractivity contribution in [2.24, 2.45) is 17.6 Å². The molecule has 5 rings (SSSR count). The Kier molecular flexibility index (Phi) is 2.52. The van der Waals surface area contributed by atoms with Crippen molar-refractivity contribution < 1.29 is 0 Å². The third-order valence-corrected chi connectivity index (χ3v) is 5.50. The normalized spacial score (nSPS) is 43.6. The highest BCUT2D eigenvalue weighted by atomic mass is 15.0. The fraction of sp³-hybridized carbons (Fsp3) is 0.688. The molecule has 0 saturated heterocycles. The van der Waals surface area contributed by atoms with E-state index in [1.807, 2.05) is 18.5 Å². The molecule has 4 saturated carbocycles. The smallest absolute Gasteiger partial charge is 0.0312 e. The lowest BCUT2D eigenvalue weighted by atomic mass is 9.50. The molecule has 102 valence electrons. The molecule has 0 aromatic carbocycles. The van der Waals surface area contributed by atoms with E-state index in [2.05, 4.69) is 16.4 Å². The monoisotopic (exact) mass is 257 g/mol. The van der Waals surface area contributed by atoms with Crippen molar-refractivity contribution in [3.63, 3.8) is 0 Å². The van der Waals surface area contributed by atoms with E-state index in [1.54, 1.807) is 0 Å². The summed E-state index contributed by atoms with van der Waals surface area (Å²) in [6, 6.07) is 4.17. The number of hydrogen-bond donors (Lipinski definition) is 2. The average molecular weight is 257 g/mol. The maximum atomic E-state index is 6.62. The molecule has 0 spiro atoms. The lowest BCUT2D eigenvalue weighted by molar-refractivity contribution is -0.0364. The molecule has 3 heteroatoms. The van der Waals surface area contributed by atoms with Gasteiger partial charge in [-0.05, 0) is 62.0 Å². The van der Waals surface area contributed by atoms with Crippen LogP contribution in [-0.4, -0.2) is 16.1 Å². The van der Waals surface area contributed by atoms with Crippen LogP contribution in [0.2, 0.25) is 0 Å². The van der Waals surface area contributed by atoms with Gasteiger partial charge in [0.05, 0.1) is 0 Å². The zero-order valence-electron chi connectivity index (χ0n) is 11.4. The Morgan fingerprint density at radius 1 is 1.26 bits per heavy atom. The van der Waals surface area contributed by atoms with Gasteiger partial charge in [0.15, 0.2) is 0 Å². The lowest BCUT2D eigenvalue weighted by Crippen LogP contribution is -2.67. The Morgan fingerprint density at radius 2 is 2.05 bits per heavy atom. The first-order valence-corrected chi connectivity index (χ1v) is 7.58. The Morgan fingerprint density at radius 3 is 2.68 bits per heavy atom. The molecule has 2 atom stereocenters. The molecule has 0 amide bonds. The number of pyridine rings is 1. The zero-order valence-corrected chi connectivity index (χ0v) is 11.4. The van der Waals surface area contributed by atoms with Crippen molar-refractivity contribution in [2.45, 2.75) is 56.1 Å². The van der Waals surface area contributed by atoms with Crippen molar-refractivity contribution in [3.8, 4) is 0 Å². The van der Waals surface area contributed by atoms with Crippen LogP contribution in [0.5, 0.6) is 0 Å². The molecule has 1 aromatic rings. The summed E-state index contributed by atoms with van der Waals surface area (Å²) in [6.45, 7) is 0.934. The van der Waals surface area contributed by atoms with Crippen LogP contribution in [-0.2, 0) is 6.54 Å². The fourth-order valence-electron chi connectivity index (χ4n) is 5.33. The van der Waals surface area contributed by atoms with E-state index >= 15 is 0 Å². The maximum Gasteiger partial charge on any atom is 0.0312 e. The van der Waals surface area contributed by atoms with Crippen molar-refractivity contribution in [1.29, 1.82) is 0 Å². The lowest BCUT2D eigenvalue weighted by Gasteiger charge is -2.61. The molecule has 4 bridgehead atoms. The van der Waals surface area contributed by atoms with E-state index in [4.69, 9.17) is 5.73 Å².